The maximum atomic E-state index is 11.5. The topological polar surface area (TPSA) is 81.5 Å². The van der Waals surface area contributed by atoms with Crippen LogP contribution in [0.15, 0.2) is 0 Å². The van der Waals surface area contributed by atoms with E-state index in [1.807, 2.05) is 20.8 Å². The lowest BCUT2D eigenvalue weighted by atomic mass is 9.86. The van der Waals surface area contributed by atoms with Crippen molar-refractivity contribution in [2.75, 3.05) is 6.54 Å². The predicted octanol–water partition coefficient (Wildman–Crippen LogP) is 2.35. The molecule has 1 fully saturated rings. The Morgan fingerprint density at radius 3 is 2.33 bits per heavy atom. The van der Waals surface area contributed by atoms with Crippen LogP contribution in [0, 0.1) is 16.0 Å². The highest BCUT2D eigenvalue weighted by molar-refractivity contribution is 5.68. The van der Waals surface area contributed by atoms with Gasteiger partial charge in [0.1, 0.15) is 5.60 Å². The third kappa shape index (κ3) is 5.84. The molecule has 18 heavy (non-hydrogen) atoms. The SMILES string of the molecule is CC(C)(C)OC(=O)NC1CCC(C[N+](=O)[O-])CC1. The third-order valence-corrected chi connectivity index (χ3v) is 2.97. The molecular weight excluding hydrogens is 236 g/mol. The van der Waals surface area contributed by atoms with Gasteiger partial charge in [0.15, 0.2) is 0 Å². The van der Waals surface area contributed by atoms with Crippen molar-refractivity contribution in [3.63, 3.8) is 0 Å². The fourth-order valence-electron chi connectivity index (χ4n) is 2.17. The highest BCUT2D eigenvalue weighted by atomic mass is 16.6. The molecule has 104 valence electrons. The predicted molar refractivity (Wildman–Crippen MR) is 67.0 cm³/mol. The fourth-order valence-corrected chi connectivity index (χ4v) is 2.17. The van der Waals surface area contributed by atoms with Gasteiger partial charge in [-0.3, -0.25) is 10.1 Å². The lowest BCUT2D eigenvalue weighted by molar-refractivity contribution is -0.489. The standard InChI is InChI=1S/C12H22N2O4/c1-12(2,3)18-11(15)13-10-6-4-9(5-7-10)8-14(16)17/h9-10H,4-8H2,1-3H3,(H,13,15). The number of rotatable bonds is 3. The van der Waals surface area contributed by atoms with Crippen LogP contribution < -0.4 is 5.32 Å². The van der Waals surface area contributed by atoms with Crippen molar-refractivity contribution in [2.24, 2.45) is 5.92 Å². The summed E-state index contributed by atoms with van der Waals surface area (Å²) in [6.07, 6.45) is 2.76. The Hall–Kier alpha value is -1.33. The summed E-state index contributed by atoms with van der Waals surface area (Å²) in [5.74, 6) is 0.150. The van der Waals surface area contributed by atoms with E-state index in [0.717, 1.165) is 25.7 Å². The molecule has 1 amide bonds. The van der Waals surface area contributed by atoms with Gasteiger partial charge in [-0.05, 0) is 46.5 Å². The molecule has 6 nitrogen and oxygen atoms in total. The van der Waals surface area contributed by atoms with Crippen LogP contribution in [0.5, 0.6) is 0 Å². The van der Waals surface area contributed by atoms with E-state index in [2.05, 4.69) is 5.32 Å². The summed E-state index contributed by atoms with van der Waals surface area (Å²) in [6, 6.07) is 0.0860. The lowest BCUT2D eigenvalue weighted by Gasteiger charge is -2.28. The van der Waals surface area contributed by atoms with E-state index >= 15 is 0 Å². The van der Waals surface area contributed by atoms with Crippen LogP contribution >= 0.6 is 0 Å². The van der Waals surface area contributed by atoms with Gasteiger partial charge in [0.05, 0.1) is 0 Å². The Labute approximate surface area is 107 Å². The van der Waals surface area contributed by atoms with E-state index in [1.165, 1.54) is 0 Å². The molecule has 0 unspecified atom stereocenters. The second-order valence-electron chi connectivity index (χ2n) is 5.88. The molecule has 0 spiro atoms. The first-order valence-electron chi connectivity index (χ1n) is 6.37. The number of nitrogens with one attached hydrogen (secondary N) is 1. The maximum Gasteiger partial charge on any atom is 0.407 e. The molecule has 1 N–H and O–H groups in total. The van der Waals surface area contributed by atoms with Crippen LogP contribution in [0.3, 0.4) is 0 Å². The Balaban J connectivity index is 2.27. The zero-order valence-electron chi connectivity index (χ0n) is 11.3. The number of carbonyl (C=O) groups is 1. The molecule has 0 radical (unpaired) electrons. The zero-order chi connectivity index (χ0) is 13.8. The highest BCUT2D eigenvalue weighted by Crippen LogP contribution is 2.24. The summed E-state index contributed by atoms with van der Waals surface area (Å²) in [5.41, 5.74) is -0.493. The van der Waals surface area contributed by atoms with E-state index in [1.54, 1.807) is 0 Å². The van der Waals surface area contributed by atoms with Crippen LogP contribution in [-0.4, -0.2) is 29.2 Å². The van der Waals surface area contributed by atoms with Crippen LogP contribution in [-0.2, 0) is 4.74 Å². The van der Waals surface area contributed by atoms with Gasteiger partial charge in [0.2, 0.25) is 6.54 Å². The molecule has 0 bridgehead atoms. The van der Waals surface area contributed by atoms with Crippen LogP contribution in [0.4, 0.5) is 4.79 Å². The number of carbonyl (C=O) groups excluding carboxylic acids is 1. The smallest absolute Gasteiger partial charge is 0.407 e. The summed E-state index contributed by atoms with van der Waals surface area (Å²) in [7, 11) is 0. The normalized spacial score (nSPS) is 24.4. The summed E-state index contributed by atoms with van der Waals surface area (Å²) < 4.78 is 5.17. The summed E-state index contributed by atoms with van der Waals surface area (Å²) in [4.78, 5) is 21.7. The molecular formula is C12H22N2O4. The van der Waals surface area contributed by atoms with Crippen molar-refractivity contribution < 1.29 is 14.5 Å². The first-order chi connectivity index (χ1) is 8.26. The van der Waals surface area contributed by atoms with E-state index in [-0.39, 0.29) is 23.4 Å². The average molecular weight is 258 g/mol. The summed E-state index contributed by atoms with van der Waals surface area (Å²) >= 11 is 0. The summed E-state index contributed by atoms with van der Waals surface area (Å²) in [5, 5.41) is 13.2. The molecule has 0 saturated heterocycles. The lowest BCUT2D eigenvalue weighted by Crippen LogP contribution is -2.41. The number of nitrogens with zero attached hydrogens (tertiary/aromatic N) is 1. The van der Waals surface area contributed by atoms with Gasteiger partial charge in [-0.1, -0.05) is 0 Å². The first kappa shape index (κ1) is 14.7. The molecule has 0 aromatic rings. The van der Waals surface area contributed by atoms with Crippen molar-refractivity contribution in [1.82, 2.24) is 5.32 Å². The van der Waals surface area contributed by atoms with Gasteiger partial charge in [-0.25, -0.2) is 4.79 Å². The molecule has 1 aliphatic rings. The molecule has 1 saturated carbocycles. The Morgan fingerprint density at radius 2 is 1.89 bits per heavy atom. The van der Waals surface area contributed by atoms with Crippen LogP contribution in [0.1, 0.15) is 46.5 Å². The largest absolute Gasteiger partial charge is 0.444 e. The molecule has 0 aromatic carbocycles. The molecule has 0 aliphatic heterocycles. The number of ether oxygens (including phenoxy) is 1. The number of nitro groups is 1. The Kier molecular flexibility index (Phi) is 4.93. The van der Waals surface area contributed by atoms with E-state index in [9.17, 15) is 14.9 Å². The van der Waals surface area contributed by atoms with Gasteiger partial charge in [-0.2, -0.15) is 0 Å². The second kappa shape index (κ2) is 6.02. The van der Waals surface area contributed by atoms with Crippen molar-refractivity contribution in [1.29, 1.82) is 0 Å². The van der Waals surface area contributed by atoms with Crippen molar-refractivity contribution in [2.45, 2.75) is 58.1 Å². The minimum absolute atomic E-state index is 0.0408. The van der Waals surface area contributed by atoms with Crippen molar-refractivity contribution >= 4 is 6.09 Å². The van der Waals surface area contributed by atoms with Crippen molar-refractivity contribution in [3.05, 3.63) is 10.1 Å². The van der Waals surface area contributed by atoms with Crippen LogP contribution in [0.25, 0.3) is 0 Å². The van der Waals surface area contributed by atoms with E-state index < -0.39 is 11.7 Å². The molecule has 0 atom stereocenters. The van der Waals surface area contributed by atoms with Gasteiger partial charge in [-0.15, -0.1) is 0 Å². The average Bonchev–Trinajstić information content (AvgIpc) is 2.17. The van der Waals surface area contributed by atoms with E-state index in [4.69, 9.17) is 4.74 Å². The number of hydrogen-bond acceptors (Lipinski definition) is 4. The highest BCUT2D eigenvalue weighted by Gasteiger charge is 2.26. The minimum atomic E-state index is -0.493. The quantitative estimate of drug-likeness (QED) is 0.622. The van der Waals surface area contributed by atoms with Gasteiger partial charge >= 0.3 is 6.09 Å². The van der Waals surface area contributed by atoms with Gasteiger partial charge in [0, 0.05) is 16.9 Å². The molecule has 1 rings (SSSR count). The molecule has 0 aromatic heterocycles. The number of alkyl carbamates (subject to hydrolysis) is 1. The Bertz CT molecular complexity index is 304. The fraction of sp³-hybridized carbons (Fsp3) is 0.917. The van der Waals surface area contributed by atoms with Gasteiger partial charge in [0.25, 0.3) is 0 Å². The maximum absolute atomic E-state index is 11.5. The van der Waals surface area contributed by atoms with Gasteiger partial charge < -0.3 is 10.1 Å². The van der Waals surface area contributed by atoms with Crippen molar-refractivity contribution in [3.8, 4) is 0 Å². The summed E-state index contributed by atoms with van der Waals surface area (Å²) in [6.45, 7) is 5.50. The monoisotopic (exact) mass is 258 g/mol. The third-order valence-electron chi connectivity index (χ3n) is 2.97. The Morgan fingerprint density at radius 1 is 1.33 bits per heavy atom. The number of hydrogen-bond donors (Lipinski definition) is 1. The molecule has 6 heteroatoms. The molecule has 0 heterocycles. The minimum Gasteiger partial charge on any atom is -0.444 e. The van der Waals surface area contributed by atoms with Crippen LogP contribution in [0.2, 0.25) is 0 Å². The van der Waals surface area contributed by atoms with E-state index in [0.29, 0.717) is 0 Å². The first-order valence-corrected chi connectivity index (χ1v) is 6.37. The second-order valence-corrected chi connectivity index (χ2v) is 5.88. The number of amides is 1. The zero-order valence-corrected chi connectivity index (χ0v) is 11.3. The molecule has 1 aliphatic carbocycles.